The Labute approximate surface area is 100 Å². The lowest BCUT2D eigenvalue weighted by Crippen LogP contribution is -2.36. The van der Waals surface area contributed by atoms with Crippen molar-refractivity contribution in [3.05, 3.63) is 29.3 Å². The molecule has 0 radical (unpaired) electrons. The van der Waals surface area contributed by atoms with E-state index in [2.05, 4.69) is 6.07 Å². The number of benzene rings is 1. The fourth-order valence-corrected chi connectivity index (χ4v) is 3.05. The van der Waals surface area contributed by atoms with Crippen LogP contribution in [0.25, 0.3) is 0 Å². The fraction of sp³-hybridized carbons (Fsp3) is 0.500. The molecule has 3 heteroatoms. The van der Waals surface area contributed by atoms with E-state index in [4.69, 9.17) is 17.3 Å². The number of nitrogens with two attached hydrogens (primary N) is 1. The number of halogens is 1. The van der Waals surface area contributed by atoms with Crippen molar-refractivity contribution < 1.29 is 0 Å². The van der Waals surface area contributed by atoms with E-state index in [-0.39, 0.29) is 0 Å². The van der Waals surface area contributed by atoms with Crippen LogP contribution in [0.15, 0.2) is 29.2 Å². The van der Waals surface area contributed by atoms with E-state index in [1.807, 2.05) is 30.0 Å². The van der Waals surface area contributed by atoms with E-state index < -0.39 is 0 Å². The zero-order chi connectivity index (χ0) is 10.7. The molecule has 1 fully saturated rings. The molecule has 1 aliphatic rings. The highest BCUT2D eigenvalue weighted by atomic mass is 35.5. The molecule has 0 aromatic heterocycles. The number of rotatable bonds is 4. The van der Waals surface area contributed by atoms with Crippen molar-refractivity contribution in [2.45, 2.75) is 30.2 Å². The van der Waals surface area contributed by atoms with Gasteiger partial charge in [-0.25, -0.2) is 0 Å². The first-order valence-electron chi connectivity index (χ1n) is 5.39. The van der Waals surface area contributed by atoms with E-state index in [1.165, 1.54) is 24.2 Å². The molecule has 0 heterocycles. The fourth-order valence-electron chi connectivity index (χ4n) is 1.75. The summed E-state index contributed by atoms with van der Waals surface area (Å²) < 4.78 is 0. The van der Waals surface area contributed by atoms with Gasteiger partial charge in [-0.15, -0.1) is 11.8 Å². The van der Waals surface area contributed by atoms with Gasteiger partial charge >= 0.3 is 0 Å². The first-order valence-corrected chi connectivity index (χ1v) is 6.76. The summed E-state index contributed by atoms with van der Waals surface area (Å²) in [5, 5.41) is 0.803. The second-order valence-electron chi connectivity index (χ2n) is 4.12. The maximum absolute atomic E-state index is 6.11. The number of hydrogen-bond acceptors (Lipinski definition) is 2. The smallest absolute Gasteiger partial charge is 0.0417 e. The Hall–Kier alpha value is -0.180. The normalized spacial score (nSPS) is 18.5. The number of thioether (sulfide) groups is 1. The summed E-state index contributed by atoms with van der Waals surface area (Å²) in [6.45, 7) is 0. The van der Waals surface area contributed by atoms with E-state index in [0.29, 0.717) is 6.04 Å². The summed E-state index contributed by atoms with van der Waals surface area (Å²) in [6.07, 6.45) is 3.99. The van der Waals surface area contributed by atoms with Crippen LogP contribution in [0.4, 0.5) is 0 Å². The third-order valence-corrected chi connectivity index (χ3v) is 4.37. The van der Waals surface area contributed by atoms with Gasteiger partial charge in [0.05, 0.1) is 0 Å². The van der Waals surface area contributed by atoms with Gasteiger partial charge in [0.15, 0.2) is 0 Å². The highest BCUT2D eigenvalue weighted by Gasteiger charge is 2.24. The van der Waals surface area contributed by atoms with Crippen LogP contribution in [-0.2, 0) is 0 Å². The van der Waals surface area contributed by atoms with Gasteiger partial charge in [-0.05, 0) is 37.0 Å². The van der Waals surface area contributed by atoms with Gasteiger partial charge in [0.25, 0.3) is 0 Å². The summed E-state index contributed by atoms with van der Waals surface area (Å²) in [6, 6.07) is 8.32. The van der Waals surface area contributed by atoms with Gasteiger partial charge < -0.3 is 5.73 Å². The summed E-state index contributed by atoms with van der Waals surface area (Å²) >= 11 is 7.73. The molecule has 15 heavy (non-hydrogen) atoms. The molecule has 1 saturated carbocycles. The van der Waals surface area contributed by atoms with Crippen molar-refractivity contribution in [2.75, 3.05) is 5.75 Å². The Morgan fingerprint density at radius 1 is 1.47 bits per heavy atom. The van der Waals surface area contributed by atoms with Crippen molar-refractivity contribution in [3.8, 4) is 0 Å². The van der Waals surface area contributed by atoms with Gasteiger partial charge in [-0.2, -0.15) is 0 Å². The molecule has 1 nitrogen and oxygen atoms in total. The van der Waals surface area contributed by atoms with Crippen LogP contribution in [0.3, 0.4) is 0 Å². The molecule has 1 atom stereocenters. The highest BCUT2D eigenvalue weighted by Crippen LogP contribution is 2.31. The van der Waals surface area contributed by atoms with Crippen molar-refractivity contribution in [1.29, 1.82) is 0 Å². The van der Waals surface area contributed by atoms with Crippen molar-refractivity contribution in [2.24, 2.45) is 11.7 Å². The molecule has 1 aliphatic carbocycles. The van der Waals surface area contributed by atoms with E-state index >= 15 is 0 Å². The Balaban J connectivity index is 1.81. The Kier molecular flexibility index (Phi) is 3.95. The lowest BCUT2D eigenvalue weighted by atomic mass is 9.81. The van der Waals surface area contributed by atoms with Crippen LogP contribution in [0.5, 0.6) is 0 Å². The summed E-state index contributed by atoms with van der Waals surface area (Å²) in [5.74, 6) is 1.77. The molecular formula is C12H16ClNS. The van der Waals surface area contributed by atoms with Gasteiger partial charge in [-0.1, -0.05) is 24.1 Å². The molecule has 0 bridgehead atoms. The number of hydrogen-bond donors (Lipinski definition) is 1. The van der Waals surface area contributed by atoms with E-state index in [9.17, 15) is 0 Å². The molecule has 2 rings (SSSR count). The van der Waals surface area contributed by atoms with Crippen LogP contribution in [0, 0.1) is 5.92 Å². The van der Waals surface area contributed by atoms with Crippen LogP contribution in [-0.4, -0.2) is 11.8 Å². The molecule has 0 amide bonds. The predicted molar refractivity (Wildman–Crippen MR) is 67.5 cm³/mol. The topological polar surface area (TPSA) is 26.0 Å². The predicted octanol–water partition coefficient (Wildman–Crippen LogP) is 3.56. The molecular weight excluding hydrogens is 226 g/mol. The lowest BCUT2D eigenvalue weighted by Gasteiger charge is -2.30. The van der Waals surface area contributed by atoms with E-state index in [0.717, 1.165) is 16.7 Å². The summed E-state index contributed by atoms with van der Waals surface area (Å²) in [4.78, 5) is 1.22. The maximum Gasteiger partial charge on any atom is 0.0417 e. The quantitative estimate of drug-likeness (QED) is 0.816. The first kappa shape index (κ1) is 11.3. The molecule has 82 valence electrons. The molecule has 0 saturated heterocycles. The van der Waals surface area contributed by atoms with Gasteiger partial charge in [0, 0.05) is 21.7 Å². The zero-order valence-electron chi connectivity index (χ0n) is 8.66. The highest BCUT2D eigenvalue weighted by molar-refractivity contribution is 7.99. The molecule has 1 unspecified atom stereocenters. The largest absolute Gasteiger partial charge is 0.327 e. The van der Waals surface area contributed by atoms with Gasteiger partial charge in [-0.3, -0.25) is 0 Å². The Morgan fingerprint density at radius 2 is 2.27 bits per heavy atom. The minimum atomic E-state index is 0.350. The lowest BCUT2D eigenvalue weighted by molar-refractivity contribution is 0.276. The summed E-state index contributed by atoms with van der Waals surface area (Å²) in [7, 11) is 0. The average Bonchev–Trinajstić information content (AvgIpc) is 2.12. The van der Waals surface area contributed by atoms with Gasteiger partial charge in [0.2, 0.25) is 0 Å². The Bertz CT molecular complexity index is 325. The second-order valence-corrected chi connectivity index (χ2v) is 5.65. The van der Waals surface area contributed by atoms with Crippen molar-refractivity contribution in [1.82, 2.24) is 0 Å². The monoisotopic (exact) mass is 241 g/mol. The third kappa shape index (κ3) is 3.13. The summed E-state index contributed by atoms with van der Waals surface area (Å²) in [5.41, 5.74) is 6.11. The SMILES string of the molecule is NC(CSc1cccc(Cl)c1)C1CCC1. The first-order chi connectivity index (χ1) is 7.25. The minimum Gasteiger partial charge on any atom is -0.327 e. The van der Waals surface area contributed by atoms with Crippen LogP contribution in [0.2, 0.25) is 5.02 Å². The van der Waals surface area contributed by atoms with Gasteiger partial charge in [0.1, 0.15) is 0 Å². The average molecular weight is 242 g/mol. The molecule has 0 aliphatic heterocycles. The third-order valence-electron chi connectivity index (χ3n) is 2.99. The minimum absolute atomic E-state index is 0.350. The molecule has 1 aromatic carbocycles. The van der Waals surface area contributed by atoms with E-state index in [1.54, 1.807) is 0 Å². The standard InChI is InChI=1S/C12H16ClNS/c13-10-5-2-6-11(7-10)15-8-12(14)9-3-1-4-9/h2,5-7,9,12H,1,3-4,8,14H2. The second kappa shape index (κ2) is 5.24. The molecule has 2 N–H and O–H groups in total. The molecule has 0 spiro atoms. The van der Waals surface area contributed by atoms with Crippen molar-refractivity contribution in [3.63, 3.8) is 0 Å². The Morgan fingerprint density at radius 3 is 2.87 bits per heavy atom. The van der Waals surface area contributed by atoms with Crippen LogP contribution < -0.4 is 5.73 Å². The van der Waals surface area contributed by atoms with Crippen LogP contribution >= 0.6 is 23.4 Å². The maximum atomic E-state index is 6.11. The van der Waals surface area contributed by atoms with Crippen LogP contribution in [0.1, 0.15) is 19.3 Å². The zero-order valence-corrected chi connectivity index (χ0v) is 10.2. The molecule has 1 aromatic rings. The van der Waals surface area contributed by atoms with Crippen molar-refractivity contribution >= 4 is 23.4 Å².